The molecule has 1 fully saturated rings. The number of nitrogens with zero attached hydrogens (tertiary/aromatic N) is 1. The second-order valence-corrected chi connectivity index (χ2v) is 4.96. The van der Waals surface area contributed by atoms with Crippen LogP contribution in [0.1, 0.15) is 18.9 Å². The number of anilines is 1. The van der Waals surface area contributed by atoms with Crippen molar-refractivity contribution in [1.29, 1.82) is 0 Å². The van der Waals surface area contributed by atoms with Crippen molar-refractivity contribution in [2.45, 2.75) is 32.4 Å². The molecule has 0 bridgehead atoms. The second-order valence-electron chi connectivity index (χ2n) is 4.96. The van der Waals surface area contributed by atoms with Crippen molar-refractivity contribution in [3.8, 4) is 0 Å². The van der Waals surface area contributed by atoms with Crippen molar-refractivity contribution in [2.24, 2.45) is 0 Å². The summed E-state index contributed by atoms with van der Waals surface area (Å²) in [5.41, 5.74) is 2.59. The normalized spacial score (nSPS) is 25.0. The highest BCUT2D eigenvalue weighted by atomic mass is 16.3. The molecule has 2 rings (SSSR count). The number of aryl methyl sites for hydroxylation is 1. The Labute approximate surface area is 103 Å². The van der Waals surface area contributed by atoms with Crippen LogP contribution in [0.15, 0.2) is 24.3 Å². The Bertz CT molecular complexity index is 367. The average molecular weight is 234 g/mol. The van der Waals surface area contributed by atoms with Gasteiger partial charge in [0.05, 0.1) is 0 Å². The molecular formula is C14H22N2O. The third-order valence-corrected chi connectivity index (χ3v) is 3.46. The lowest BCUT2D eigenvalue weighted by Gasteiger charge is -2.40. The third kappa shape index (κ3) is 2.99. The van der Waals surface area contributed by atoms with E-state index in [0.29, 0.717) is 12.1 Å². The molecule has 0 radical (unpaired) electrons. The van der Waals surface area contributed by atoms with E-state index in [-0.39, 0.29) is 6.61 Å². The van der Waals surface area contributed by atoms with Crippen LogP contribution >= 0.6 is 0 Å². The first-order valence-electron chi connectivity index (χ1n) is 6.38. The Morgan fingerprint density at radius 3 is 3.00 bits per heavy atom. The Kier molecular flexibility index (Phi) is 4.02. The molecule has 1 heterocycles. The molecular weight excluding hydrogens is 212 g/mol. The van der Waals surface area contributed by atoms with Crippen molar-refractivity contribution in [3.63, 3.8) is 0 Å². The lowest BCUT2D eigenvalue weighted by atomic mass is 10.1. The van der Waals surface area contributed by atoms with Crippen LogP contribution in [0, 0.1) is 6.92 Å². The van der Waals surface area contributed by atoms with E-state index < -0.39 is 0 Å². The van der Waals surface area contributed by atoms with Crippen LogP contribution in [0.4, 0.5) is 5.69 Å². The zero-order chi connectivity index (χ0) is 12.3. The number of rotatable bonds is 3. The molecule has 3 heteroatoms. The molecule has 94 valence electrons. The van der Waals surface area contributed by atoms with E-state index in [9.17, 15) is 0 Å². The highest BCUT2D eigenvalue weighted by Gasteiger charge is 2.24. The quantitative estimate of drug-likeness (QED) is 0.833. The number of nitrogens with one attached hydrogen (secondary N) is 1. The predicted octanol–water partition coefficient (Wildman–Crippen LogP) is 1.54. The number of piperazine rings is 1. The molecule has 1 aliphatic heterocycles. The monoisotopic (exact) mass is 234 g/mol. The van der Waals surface area contributed by atoms with Crippen LogP contribution in [0.2, 0.25) is 0 Å². The fourth-order valence-electron chi connectivity index (χ4n) is 2.45. The highest BCUT2D eigenvalue weighted by molar-refractivity contribution is 5.50. The summed E-state index contributed by atoms with van der Waals surface area (Å²) >= 11 is 0. The first-order chi connectivity index (χ1) is 8.20. The lowest BCUT2D eigenvalue weighted by molar-refractivity contribution is 0.254. The van der Waals surface area contributed by atoms with Crippen molar-refractivity contribution in [2.75, 3.05) is 24.6 Å². The van der Waals surface area contributed by atoms with Crippen LogP contribution in [-0.2, 0) is 0 Å². The fraction of sp³-hybridized carbons (Fsp3) is 0.571. The van der Waals surface area contributed by atoms with Crippen molar-refractivity contribution >= 4 is 5.69 Å². The number of hydrogen-bond acceptors (Lipinski definition) is 3. The molecule has 0 aromatic heterocycles. The summed E-state index contributed by atoms with van der Waals surface area (Å²) in [5, 5.41) is 12.5. The van der Waals surface area contributed by atoms with Gasteiger partial charge >= 0.3 is 0 Å². The van der Waals surface area contributed by atoms with Crippen LogP contribution in [0.25, 0.3) is 0 Å². The Morgan fingerprint density at radius 2 is 2.29 bits per heavy atom. The first-order valence-corrected chi connectivity index (χ1v) is 6.38. The summed E-state index contributed by atoms with van der Waals surface area (Å²) in [4.78, 5) is 2.43. The number of hydrogen-bond donors (Lipinski definition) is 2. The van der Waals surface area contributed by atoms with Crippen LogP contribution in [-0.4, -0.2) is 36.9 Å². The summed E-state index contributed by atoms with van der Waals surface area (Å²) in [6.07, 6.45) is 0.828. The maximum atomic E-state index is 9.03. The van der Waals surface area contributed by atoms with Crippen molar-refractivity contribution in [1.82, 2.24) is 5.32 Å². The van der Waals surface area contributed by atoms with Gasteiger partial charge in [-0.15, -0.1) is 0 Å². The van der Waals surface area contributed by atoms with E-state index in [1.165, 1.54) is 11.3 Å². The molecule has 1 aromatic carbocycles. The molecule has 17 heavy (non-hydrogen) atoms. The molecule has 1 aromatic rings. The molecule has 2 atom stereocenters. The summed E-state index contributed by atoms with van der Waals surface area (Å²) in [6.45, 7) is 6.59. The zero-order valence-electron chi connectivity index (χ0n) is 10.7. The maximum absolute atomic E-state index is 9.03. The number of aliphatic hydroxyl groups excluding tert-OH is 1. The third-order valence-electron chi connectivity index (χ3n) is 3.46. The number of benzene rings is 1. The maximum Gasteiger partial charge on any atom is 0.0446 e. The molecule has 0 spiro atoms. The van der Waals surface area contributed by atoms with Crippen molar-refractivity contribution in [3.05, 3.63) is 29.8 Å². The van der Waals surface area contributed by atoms with Crippen LogP contribution in [0.3, 0.4) is 0 Å². The summed E-state index contributed by atoms with van der Waals surface area (Å²) in [5.74, 6) is 0. The van der Waals surface area contributed by atoms with Gasteiger partial charge in [0, 0.05) is 37.5 Å². The molecule has 0 saturated carbocycles. The molecule has 1 aliphatic rings. The lowest BCUT2D eigenvalue weighted by Crippen LogP contribution is -2.55. The molecule has 3 nitrogen and oxygen atoms in total. The van der Waals surface area contributed by atoms with Crippen molar-refractivity contribution < 1.29 is 5.11 Å². The molecule has 0 aliphatic carbocycles. The average Bonchev–Trinajstić information content (AvgIpc) is 2.32. The summed E-state index contributed by atoms with van der Waals surface area (Å²) < 4.78 is 0. The first kappa shape index (κ1) is 12.4. The van der Waals surface area contributed by atoms with Gasteiger partial charge in [-0.3, -0.25) is 0 Å². The minimum absolute atomic E-state index is 0.258. The number of aliphatic hydroxyl groups is 1. The van der Waals surface area contributed by atoms with Gasteiger partial charge in [0.25, 0.3) is 0 Å². The molecule has 2 unspecified atom stereocenters. The zero-order valence-corrected chi connectivity index (χ0v) is 10.7. The van der Waals surface area contributed by atoms with Crippen LogP contribution in [0.5, 0.6) is 0 Å². The topological polar surface area (TPSA) is 35.5 Å². The van der Waals surface area contributed by atoms with Gasteiger partial charge in [0.1, 0.15) is 0 Å². The largest absolute Gasteiger partial charge is 0.396 e. The molecule has 1 saturated heterocycles. The highest BCUT2D eigenvalue weighted by Crippen LogP contribution is 2.21. The second kappa shape index (κ2) is 5.52. The van der Waals surface area contributed by atoms with Gasteiger partial charge in [-0.2, -0.15) is 0 Å². The minimum atomic E-state index is 0.258. The standard InChI is InChI=1S/C14H22N2O/c1-11-4-3-5-14(8-11)16-10-13(6-7-17)15-9-12(16)2/h3-5,8,12-13,15,17H,6-7,9-10H2,1-2H3. The molecule has 2 N–H and O–H groups in total. The Hall–Kier alpha value is -1.06. The predicted molar refractivity (Wildman–Crippen MR) is 71.5 cm³/mol. The van der Waals surface area contributed by atoms with Gasteiger partial charge in [0.15, 0.2) is 0 Å². The minimum Gasteiger partial charge on any atom is -0.396 e. The van der Waals surface area contributed by atoms with Gasteiger partial charge in [-0.25, -0.2) is 0 Å². The van der Waals surface area contributed by atoms with E-state index in [2.05, 4.69) is 48.3 Å². The fourth-order valence-corrected chi connectivity index (χ4v) is 2.45. The van der Waals surface area contributed by atoms with Gasteiger partial charge in [0.2, 0.25) is 0 Å². The van der Waals surface area contributed by atoms with Crippen LogP contribution < -0.4 is 10.2 Å². The van der Waals surface area contributed by atoms with E-state index in [0.717, 1.165) is 19.5 Å². The van der Waals surface area contributed by atoms with E-state index >= 15 is 0 Å². The van der Waals surface area contributed by atoms with Gasteiger partial charge in [-0.05, 0) is 38.0 Å². The smallest absolute Gasteiger partial charge is 0.0446 e. The van der Waals surface area contributed by atoms with Gasteiger partial charge in [-0.1, -0.05) is 12.1 Å². The van der Waals surface area contributed by atoms with E-state index in [4.69, 9.17) is 5.11 Å². The Morgan fingerprint density at radius 1 is 1.47 bits per heavy atom. The molecule has 0 amide bonds. The summed E-state index contributed by atoms with van der Waals surface area (Å²) in [6, 6.07) is 9.55. The van der Waals surface area contributed by atoms with E-state index in [1.807, 2.05) is 0 Å². The van der Waals surface area contributed by atoms with Gasteiger partial charge < -0.3 is 15.3 Å². The Balaban J connectivity index is 2.12. The van der Waals surface area contributed by atoms with E-state index in [1.54, 1.807) is 0 Å². The summed E-state index contributed by atoms with van der Waals surface area (Å²) in [7, 11) is 0. The SMILES string of the molecule is Cc1cccc(N2CC(CCO)NCC2C)c1.